The number of fused-ring (bicyclic) bond motifs is 3. The summed E-state index contributed by atoms with van der Waals surface area (Å²) in [5.41, 5.74) is 3.46. The van der Waals surface area contributed by atoms with Crippen molar-refractivity contribution in [3.63, 3.8) is 0 Å². The predicted octanol–water partition coefficient (Wildman–Crippen LogP) is 3.37. The van der Waals surface area contributed by atoms with Gasteiger partial charge in [-0.1, -0.05) is 42.0 Å². The minimum absolute atomic E-state index is 0.0429. The lowest BCUT2D eigenvalue weighted by Gasteiger charge is -2.24. The van der Waals surface area contributed by atoms with Crippen molar-refractivity contribution in [3.05, 3.63) is 89.5 Å². The number of para-hydroxylation sites is 1. The molecule has 176 valence electrons. The van der Waals surface area contributed by atoms with E-state index in [1.54, 1.807) is 67.8 Å². The Balaban J connectivity index is 1.48. The van der Waals surface area contributed by atoms with Crippen molar-refractivity contribution in [2.75, 3.05) is 19.0 Å². The SMILES string of the molecule is COc1ccc(CN2C(=O)C3Oc4ccccc4C3=[N+](CC(=O)Nc3ccc(C)cc3)C2=O)cc1. The fourth-order valence-electron chi connectivity index (χ4n) is 4.24. The fraction of sp³-hybridized carbons (Fsp3) is 0.185. The van der Waals surface area contributed by atoms with Gasteiger partial charge >= 0.3 is 11.9 Å². The maximum absolute atomic E-state index is 13.6. The number of benzene rings is 3. The Labute approximate surface area is 202 Å². The van der Waals surface area contributed by atoms with Crippen LogP contribution in [0.5, 0.6) is 11.5 Å². The number of anilines is 1. The van der Waals surface area contributed by atoms with Crippen LogP contribution < -0.4 is 14.8 Å². The lowest BCUT2D eigenvalue weighted by molar-refractivity contribution is -0.428. The van der Waals surface area contributed by atoms with Crippen molar-refractivity contribution >= 4 is 29.2 Å². The van der Waals surface area contributed by atoms with Gasteiger partial charge in [-0.2, -0.15) is 14.3 Å². The maximum atomic E-state index is 13.6. The van der Waals surface area contributed by atoms with Crippen LogP contribution in [0.15, 0.2) is 72.8 Å². The van der Waals surface area contributed by atoms with E-state index in [0.29, 0.717) is 28.5 Å². The number of methoxy groups -OCH3 is 1. The van der Waals surface area contributed by atoms with E-state index in [1.807, 2.05) is 19.1 Å². The Morgan fingerprint density at radius 3 is 2.46 bits per heavy atom. The van der Waals surface area contributed by atoms with Gasteiger partial charge < -0.3 is 14.8 Å². The molecule has 2 heterocycles. The number of ether oxygens (including phenoxy) is 2. The van der Waals surface area contributed by atoms with Gasteiger partial charge in [-0.05, 0) is 48.9 Å². The molecule has 0 saturated carbocycles. The molecule has 0 fully saturated rings. The van der Waals surface area contributed by atoms with Crippen LogP contribution in [-0.2, 0) is 16.1 Å². The molecular formula is C27H24N3O5+. The Morgan fingerprint density at radius 2 is 1.74 bits per heavy atom. The number of carbonyl (C=O) groups is 3. The molecule has 8 heteroatoms. The minimum atomic E-state index is -1.00. The van der Waals surface area contributed by atoms with Crippen LogP contribution in [0.2, 0.25) is 0 Å². The smallest absolute Gasteiger partial charge is 0.497 e. The highest BCUT2D eigenvalue weighted by Crippen LogP contribution is 2.32. The highest BCUT2D eigenvalue weighted by Gasteiger charge is 2.53. The lowest BCUT2D eigenvalue weighted by Crippen LogP contribution is -2.58. The van der Waals surface area contributed by atoms with E-state index >= 15 is 0 Å². The molecule has 0 radical (unpaired) electrons. The Morgan fingerprint density at radius 1 is 1.03 bits per heavy atom. The molecule has 0 aromatic heterocycles. The van der Waals surface area contributed by atoms with Crippen LogP contribution in [0.3, 0.4) is 0 Å². The van der Waals surface area contributed by atoms with E-state index in [1.165, 1.54) is 4.58 Å². The van der Waals surface area contributed by atoms with Gasteiger partial charge in [0, 0.05) is 5.69 Å². The number of imide groups is 1. The summed E-state index contributed by atoms with van der Waals surface area (Å²) in [6.07, 6.45) is -1.00. The van der Waals surface area contributed by atoms with Crippen molar-refractivity contribution in [2.24, 2.45) is 0 Å². The molecule has 0 spiro atoms. The van der Waals surface area contributed by atoms with Gasteiger partial charge in [-0.15, -0.1) is 0 Å². The van der Waals surface area contributed by atoms with Crippen molar-refractivity contribution in [1.82, 2.24) is 4.90 Å². The molecule has 1 unspecified atom stereocenters. The molecule has 8 nitrogen and oxygen atoms in total. The highest BCUT2D eigenvalue weighted by atomic mass is 16.5. The third kappa shape index (κ3) is 4.26. The normalized spacial score (nSPS) is 16.5. The first-order valence-electron chi connectivity index (χ1n) is 11.2. The molecule has 0 saturated heterocycles. The molecular weight excluding hydrogens is 446 g/mol. The number of hydrogen-bond acceptors (Lipinski definition) is 5. The van der Waals surface area contributed by atoms with Gasteiger partial charge in [0.25, 0.3) is 12.0 Å². The van der Waals surface area contributed by atoms with Gasteiger partial charge in [-0.25, -0.2) is 4.79 Å². The lowest BCUT2D eigenvalue weighted by atomic mass is 10.0. The fourth-order valence-corrected chi connectivity index (χ4v) is 4.24. The first-order chi connectivity index (χ1) is 16.9. The zero-order valence-corrected chi connectivity index (χ0v) is 19.4. The molecule has 0 aliphatic carbocycles. The largest absolute Gasteiger partial charge is 0.501 e. The van der Waals surface area contributed by atoms with Crippen molar-refractivity contribution in [3.8, 4) is 11.5 Å². The number of urea groups is 1. The topological polar surface area (TPSA) is 87.9 Å². The van der Waals surface area contributed by atoms with E-state index < -0.39 is 18.0 Å². The number of nitrogens with one attached hydrogen (secondary N) is 1. The molecule has 3 aromatic rings. The van der Waals surface area contributed by atoms with Crippen LogP contribution in [0.4, 0.5) is 10.5 Å². The summed E-state index contributed by atoms with van der Waals surface area (Å²) in [5.74, 6) is 0.331. The molecule has 3 aromatic carbocycles. The third-order valence-electron chi connectivity index (χ3n) is 6.04. The maximum Gasteiger partial charge on any atom is 0.501 e. The average Bonchev–Trinajstić information content (AvgIpc) is 3.26. The number of amides is 4. The van der Waals surface area contributed by atoms with Crippen LogP contribution in [0.25, 0.3) is 0 Å². The number of rotatable bonds is 6. The molecule has 4 amide bonds. The van der Waals surface area contributed by atoms with Gasteiger partial charge in [0.15, 0.2) is 12.3 Å². The second kappa shape index (κ2) is 9.06. The van der Waals surface area contributed by atoms with Crippen molar-refractivity contribution in [2.45, 2.75) is 19.6 Å². The van der Waals surface area contributed by atoms with E-state index in [4.69, 9.17) is 9.47 Å². The number of carbonyl (C=O) groups excluding carboxylic acids is 3. The van der Waals surface area contributed by atoms with Crippen LogP contribution in [-0.4, -0.2) is 52.8 Å². The summed E-state index contributed by atoms with van der Waals surface area (Å²) in [7, 11) is 1.57. The molecule has 1 atom stereocenters. The Bertz CT molecular complexity index is 1350. The number of hydrogen-bond donors (Lipinski definition) is 1. The molecule has 35 heavy (non-hydrogen) atoms. The van der Waals surface area contributed by atoms with Gasteiger partial charge in [0.2, 0.25) is 0 Å². The second-order valence-corrected chi connectivity index (χ2v) is 8.43. The van der Waals surface area contributed by atoms with Crippen LogP contribution in [0.1, 0.15) is 16.7 Å². The summed E-state index contributed by atoms with van der Waals surface area (Å²) >= 11 is 0. The quantitative estimate of drug-likeness (QED) is 0.558. The summed E-state index contributed by atoms with van der Waals surface area (Å²) in [4.78, 5) is 41.1. The van der Waals surface area contributed by atoms with Crippen LogP contribution >= 0.6 is 0 Å². The standard InChI is InChI=1S/C27H23N3O5/c1-17-7-11-19(12-8-17)28-23(31)16-29-24-21-5-3-4-6-22(21)35-25(24)26(32)30(27(29)33)15-18-9-13-20(34-2)14-10-18/h3-14,25H,15-16H2,1-2H3/p+1. The molecule has 2 aliphatic heterocycles. The third-order valence-corrected chi connectivity index (χ3v) is 6.04. The number of nitrogens with zero attached hydrogens (tertiary/aromatic N) is 2. The minimum Gasteiger partial charge on any atom is -0.497 e. The van der Waals surface area contributed by atoms with Crippen molar-refractivity contribution < 1.29 is 28.4 Å². The van der Waals surface area contributed by atoms with Gasteiger partial charge in [0.05, 0.1) is 12.7 Å². The van der Waals surface area contributed by atoms with Gasteiger partial charge in [-0.3, -0.25) is 4.79 Å². The Hall–Kier alpha value is -4.46. The molecule has 5 rings (SSSR count). The van der Waals surface area contributed by atoms with E-state index in [0.717, 1.165) is 16.0 Å². The zero-order chi connectivity index (χ0) is 24.5. The average molecular weight is 471 g/mol. The summed E-state index contributed by atoms with van der Waals surface area (Å²) in [6, 6.07) is 21.1. The first kappa shape index (κ1) is 22.3. The first-order valence-corrected chi connectivity index (χ1v) is 11.2. The Kier molecular flexibility index (Phi) is 5.78. The summed E-state index contributed by atoms with van der Waals surface area (Å²) in [5, 5.41) is 2.82. The van der Waals surface area contributed by atoms with E-state index in [2.05, 4.69) is 5.32 Å². The highest BCUT2D eigenvalue weighted by molar-refractivity contribution is 6.22. The van der Waals surface area contributed by atoms with Gasteiger partial charge in [0.1, 0.15) is 18.0 Å². The monoisotopic (exact) mass is 470 g/mol. The second-order valence-electron chi connectivity index (χ2n) is 8.43. The number of aryl methyl sites for hydroxylation is 1. The zero-order valence-electron chi connectivity index (χ0n) is 19.4. The summed E-state index contributed by atoms with van der Waals surface area (Å²) < 4.78 is 12.5. The van der Waals surface area contributed by atoms with Crippen molar-refractivity contribution in [1.29, 1.82) is 0 Å². The van der Waals surface area contributed by atoms with Crippen LogP contribution in [0, 0.1) is 6.92 Å². The van der Waals surface area contributed by atoms with E-state index in [-0.39, 0.29) is 19.0 Å². The summed E-state index contributed by atoms with van der Waals surface area (Å²) in [6.45, 7) is 1.74. The molecule has 2 aliphatic rings. The molecule has 1 N–H and O–H groups in total. The molecule has 0 bridgehead atoms. The van der Waals surface area contributed by atoms with E-state index in [9.17, 15) is 14.4 Å². The predicted molar refractivity (Wildman–Crippen MR) is 129 cm³/mol.